The Morgan fingerprint density at radius 1 is 1.54 bits per heavy atom. The monoisotopic (exact) mass is 196 g/mol. The van der Waals surface area contributed by atoms with Gasteiger partial charge in [-0.3, -0.25) is 0 Å². The van der Waals surface area contributed by atoms with Crippen LogP contribution < -0.4 is 10.4 Å². The van der Waals surface area contributed by atoms with E-state index in [0.29, 0.717) is 11.6 Å². The second kappa shape index (κ2) is 5.15. The molecule has 1 rings (SSSR count). The molecule has 0 spiro atoms. The van der Waals surface area contributed by atoms with Crippen molar-refractivity contribution in [2.24, 2.45) is 5.73 Å². The molecule has 0 aliphatic carbocycles. The van der Waals surface area contributed by atoms with Crippen LogP contribution in [0.15, 0.2) is 18.2 Å². The van der Waals surface area contributed by atoms with Crippen LogP contribution in [-0.2, 0) is 0 Å². The molecular formula is C9H12BClNO. The van der Waals surface area contributed by atoms with Gasteiger partial charge in [-0.15, -0.1) is 0 Å². The number of rotatable bonds is 4. The van der Waals surface area contributed by atoms with Crippen molar-refractivity contribution in [2.75, 3.05) is 6.54 Å². The highest BCUT2D eigenvalue weighted by molar-refractivity contribution is 6.31. The first-order chi connectivity index (χ1) is 6.24. The topological polar surface area (TPSA) is 35.2 Å². The van der Waals surface area contributed by atoms with Crippen molar-refractivity contribution in [2.45, 2.75) is 13.2 Å². The van der Waals surface area contributed by atoms with Gasteiger partial charge < -0.3 is 10.4 Å². The minimum absolute atomic E-state index is 0.597. The highest BCUT2D eigenvalue weighted by atomic mass is 35.5. The van der Waals surface area contributed by atoms with E-state index in [1.807, 2.05) is 19.1 Å². The molecule has 0 aliphatic heterocycles. The van der Waals surface area contributed by atoms with Crippen molar-refractivity contribution in [1.29, 1.82) is 0 Å². The Bertz CT molecular complexity index is 280. The Balaban J connectivity index is 2.59. The molecule has 13 heavy (non-hydrogen) atoms. The molecule has 1 aromatic rings. The summed E-state index contributed by atoms with van der Waals surface area (Å²) in [4.78, 5) is 0. The van der Waals surface area contributed by atoms with Crippen molar-refractivity contribution in [3.63, 3.8) is 0 Å². The molecule has 2 N–H and O–H groups in total. The van der Waals surface area contributed by atoms with E-state index in [4.69, 9.17) is 22.0 Å². The Morgan fingerprint density at radius 3 is 3.00 bits per heavy atom. The van der Waals surface area contributed by atoms with Crippen LogP contribution in [0.2, 0.25) is 11.3 Å². The quantitative estimate of drug-likeness (QED) is 0.591. The average Bonchev–Trinajstić information content (AvgIpc) is 2.11. The number of aryl methyl sites for hydroxylation is 1. The van der Waals surface area contributed by atoms with Gasteiger partial charge in [0.05, 0.1) is 0 Å². The number of benzene rings is 1. The van der Waals surface area contributed by atoms with E-state index in [0.717, 1.165) is 17.6 Å². The molecule has 0 atom stereocenters. The normalized spacial score (nSPS) is 9.77. The zero-order chi connectivity index (χ0) is 9.68. The summed E-state index contributed by atoms with van der Waals surface area (Å²) in [7, 11) is 1.69. The summed E-state index contributed by atoms with van der Waals surface area (Å²) in [5.74, 6) is 0.793. The molecule has 0 amide bonds. The molecule has 0 saturated heterocycles. The maximum atomic E-state index is 5.81. The molecule has 0 saturated carbocycles. The van der Waals surface area contributed by atoms with E-state index in [1.54, 1.807) is 13.5 Å². The lowest BCUT2D eigenvalue weighted by Crippen LogP contribution is -2.09. The molecule has 0 unspecified atom stereocenters. The third-order valence-electron chi connectivity index (χ3n) is 1.65. The van der Waals surface area contributed by atoms with Gasteiger partial charge in [-0.1, -0.05) is 17.7 Å². The van der Waals surface area contributed by atoms with E-state index in [9.17, 15) is 0 Å². The Hall–Kier alpha value is -0.665. The minimum Gasteiger partial charge on any atom is -0.563 e. The van der Waals surface area contributed by atoms with Gasteiger partial charge >= 0.3 is 7.48 Å². The van der Waals surface area contributed by atoms with Crippen LogP contribution in [0.4, 0.5) is 0 Å². The van der Waals surface area contributed by atoms with Crippen LogP contribution in [0.25, 0.3) is 0 Å². The molecular weight excluding hydrogens is 184 g/mol. The van der Waals surface area contributed by atoms with Crippen LogP contribution in [0.3, 0.4) is 0 Å². The molecule has 0 aromatic heterocycles. The third kappa shape index (κ3) is 3.29. The molecule has 4 heteroatoms. The zero-order valence-electron chi connectivity index (χ0n) is 7.59. The van der Waals surface area contributed by atoms with Gasteiger partial charge in [0.2, 0.25) is 0 Å². The van der Waals surface area contributed by atoms with Crippen LogP contribution in [0.5, 0.6) is 5.75 Å². The zero-order valence-corrected chi connectivity index (χ0v) is 8.34. The summed E-state index contributed by atoms with van der Waals surface area (Å²) in [6.07, 6.45) is 0.742. The summed E-state index contributed by atoms with van der Waals surface area (Å²) in [6, 6.07) is 5.56. The predicted molar refractivity (Wildman–Crippen MR) is 56.4 cm³/mol. The highest BCUT2D eigenvalue weighted by Crippen LogP contribution is 2.22. The first-order valence-corrected chi connectivity index (χ1v) is 4.56. The fraction of sp³-hybridized carbons (Fsp3) is 0.333. The Kier molecular flexibility index (Phi) is 4.13. The van der Waals surface area contributed by atoms with Crippen molar-refractivity contribution >= 4 is 19.1 Å². The first kappa shape index (κ1) is 10.4. The lowest BCUT2D eigenvalue weighted by atomic mass is 9.95. The summed E-state index contributed by atoms with van der Waals surface area (Å²) in [6.45, 7) is 2.57. The fourth-order valence-corrected chi connectivity index (χ4v) is 1.08. The number of nitrogens with two attached hydrogens (primary N) is 1. The van der Waals surface area contributed by atoms with Crippen LogP contribution in [-0.4, -0.2) is 14.0 Å². The minimum atomic E-state index is 0.597. The smallest absolute Gasteiger partial charge is 0.371 e. The van der Waals surface area contributed by atoms with Crippen LogP contribution in [0.1, 0.15) is 5.56 Å². The SMILES string of the molecule is Cc1ccc(Cl)cc1O[B]CCN. The number of halogens is 1. The van der Waals surface area contributed by atoms with E-state index < -0.39 is 0 Å². The maximum Gasteiger partial charge on any atom is 0.371 e. The number of hydrogen-bond donors (Lipinski definition) is 1. The first-order valence-electron chi connectivity index (χ1n) is 4.18. The molecule has 0 fully saturated rings. The van der Waals surface area contributed by atoms with Crippen LogP contribution >= 0.6 is 11.6 Å². The van der Waals surface area contributed by atoms with Crippen molar-refractivity contribution < 1.29 is 4.65 Å². The van der Waals surface area contributed by atoms with Crippen molar-refractivity contribution in [1.82, 2.24) is 0 Å². The van der Waals surface area contributed by atoms with Crippen LogP contribution in [0, 0.1) is 6.92 Å². The van der Waals surface area contributed by atoms with Crippen molar-refractivity contribution in [3.05, 3.63) is 28.8 Å². The fourth-order valence-electron chi connectivity index (χ4n) is 0.918. The second-order valence-electron chi connectivity index (χ2n) is 2.77. The Morgan fingerprint density at radius 2 is 2.31 bits per heavy atom. The molecule has 2 nitrogen and oxygen atoms in total. The van der Waals surface area contributed by atoms with Gasteiger partial charge in [-0.2, -0.15) is 0 Å². The van der Waals surface area contributed by atoms with E-state index >= 15 is 0 Å². The highest BCUT2D eigenvalue weighted by Gasteiger charge is 2.00. The predicted octanol–water partition coefficient (Wildman–Crippen LogP) is 2.02. The largest absolute Gasteiger partial charge is 0.563 e. The molecule has 1 radical (unpaired) electrons. The lowest BCUT2D eigenvalue weighted by molar-refractivity contribution is 0.587. The average molecular weight is 196 g/mol. The van der Waals surface area contributed by atoms with Gasteiger partial charge in [-0.05, 0) is 37.5 Å². The Labute approximate surface area is 84.3 Å². The summed E-state index contributed by atoms with van der Waals surface area (Å²) >= 11 is 5.81. The van der Waals surface area contributed by atoms with E-state index in [1.165, 1.54) is 0 Å². The summed E-state index contributed by atoms with van der Waals surface area (Å²) in [5.41, 5.74) is 6.39. The molecule has 69 valence electrons. The molecule has 0 aliphatic rings. The number of hydrogen-bond acceptors (Lipinski definition) is 2. The summed E-state index contributed by atoms with van der Waals surface area (Å²) < 4.78 is 5.37. The van der Waals surface area contributed by atoms with Gasteiger partial charge in [0.1, 0.15) is 5.75 Å². The van der Waals surface area contributed by atoms with Gasteiger partial charge in [0.25, 0.3) is 0 Å². The van der Waals surface area contributed by atoms with E-state index in [-0.39, 0.29) is 0 Å². The second-order valence-corrected chi connectivity index (χ2v) is 3.21. The van der Waals surface area contributed by atoms with Gasteiger partial charge in [0.15, 0.2) is 0 Å². The maximum absolute atomic E-state index is 5.81. The van der Waals surface area contributed by atoms with E-state index in [2.05, 4.69) is 0 Å². The van der Waals surface area contributed by atoms with Gasteiger partial charge in [-0.25, -0.2) is 0 Å². The van der Waals surface area contributed by atoms with Crippen molar-refractivity contribution in [3.8, 4) is 5.75 Å². The molecule has 1 aromatic carbocycles. The molecule has 0 bridgehead atoms. The third-order valence-corrected chi connectivity index (χ3v) is 1.88. The lowest BCUT2D eigenvalue weighted by Gasteiger charge is -2.07. The summed E-state index contributed by atoms with van der Waals surface area (Å²) in [5, 5.41) is 0.682. The molecule has 0 heterocycles. The van der Waals surface area contributed by atoms with Gasteiger partial charge in [0, 0.05) is 5.02 Å². The standard InChI is InChI=1S/C9H12BClNO/c1-7-2-3-8(11)6-9(7)13-10-4-5-12/h2-3,6H,4-5,12H2,1H3.